The van der Waals surface area contributed by atoms with E-state index in [2.05, 4.69) is 5.32 Å². The first-order valence-electron chi connectivity index (χ1n) is 6.79. The Balaban J connectivity index is 1.65. The zero-order valence-electron chi connectivity index (χ0n) is 11.4. The Labute approximate surface area is 114 Å². The van der Waals surface area contributed by atoms with Crippen molar-refractivity contribution in [2.45, 2.75) is 31.8 Å². The Morgan fingerprint density at radius 1 is 1.42 bits per heavy atom. The minimum atomic E-state index is 0.0837. The summed E-state index contributed by atoms with van der Waals surface area (Å²) in [5, 5.41) is 2.94. The molecule has 1 aromatic carbocycles. The molecule has 0 saturated carbocycles. The van der Waals surface area contributed by atoms with Crippen molar-refractivity contribution in [2.24, 2.45) is 0 Å². The van der Waals surface area contributed by atoms with Crippen molar-refractivity contribution in [1.82, 2.24) is 5.32 Å². The molecular formula is C15H21NO3. The maximum Gasteiger partial charge on any atom is 0.222 e. The van der Waals surface area contributed by atoms with Gasteiger partial charge in [-0.3, -0.25) is 4.79 Å². The molecule has 0 spiro atoms. The summed E-state index contributed by atoms with van der Waals surface area (Å²) >= 11 is 0. The van der Waals surface area contributed by atoms with Gasteiger partial charge in [0.25, 0.3) is 0 Å². The molecule has 1 aromatic rings. The average molecular weight is 263 g/mol. The van der Waals surface area contributed by atoms with Gasteiger partial charge in [-0.25, -0.2) is 0 Å². The number of rotatable bonds is 6. The third kappa shape index (κ3) is 4.56. The number of nitrogens with one attached hydrogen (secondary N) is 1. The molecule has 1 unspecified atom stereocenters. The Hall–Kier alpha value is -1.55. The molecule has 1 atom stereocenters. The molecule has 4 heteroatoms. The van der Waals surface area contributed by atoms with Gasteiger partial charge in [0.05, 0.1) is 19.6 Å². The second kappa shape index (κ2) is 7.14. The van der Waals surface area contributed by atoms with Crippen LogP contribution >= 0.6 is 0 Å². The lowest BCUT2D eigenvalue weighted by atomic mass is 10.1. The average Bonchev–Trinajstić information content (AvgIpc) is 2.92. The van der Waals surface area contributed by atoms with Crippen LogP contribution in [0.5, 0.6) is 5.75 Å². The van der Waals surface area contributed by atoms with Crippen LogP contribution < -0.4 is 10.1 Å². The molecule has 1 aliphatic heterocycles. The van der Waals surface area contributed by atoms with Crippen molar-refractivity contribution < 1.29 is 14.3 Å². The minimum Gasteiger partial charge on any atom is -0.497 e. The second-order valence-corrected chi connectivity index (χ2v) is 4.79. The highest BCUT2D eigenvalue weighted by Gasteiger charge is 2.18. The van der Waals surface area contributed by atoms with Gasteiger partial charge >= 0.3 is 0 Å². The van der Waals surface area contributed by atoms with Crippen molar-refractivity contribution in [3.63, 3.8) is 0 Å². The van der Waals surface area contributed by atoms with E-state index in [0.29, 0.717) is 13.0 Å². The van der Waals surface area contributed by atoms with E-state index < -0.39 is 0 Å². The first kappa shape index (κ1) is 13.9. The smallest absolute Gasteiger partial charge is 0.222 e. The summed E-state index contributed by atoms with van der Waals surface area (Å²) in [6.45, 7) is 1.46. The Bertz CT molecular complexity index is 396. The zero-order chi connectivity index (χ0) is 13.5. The van der Waals surface area contributed by atoms with E-state index in [1.54, 1.807) is 7.11 Å². The number of carbonyl (C=O) groups is 1. The molecule has 1 N–H and O–H groups in total. The lowest BCUT2D eigenvalue weighted by Crippen LogP contribution is -2.28. The SMILES string of the molecule is COc1ccc(CCNC(=O)CC2CCCO2)cc1. The van der Waals surface area contributed by atoms with Crippen molar-refractivity contribution in [3.8, 4) is 5.75 Å². The Morgan fingerprint density at radius 2 is 2.21 bits per heavy atom. The van der Waals surface area contributed by atoms with Crippen LogP contribution in [0.15, 0.2) is 24.3 Å². The summed E-state index contributed by atoms with van der Waals surface area (Å²) in [4.78, 5) is 11.7. The third-order valence-corrected chi connectivity index (χ3v) is 3.33. The molecule has 2 rings (SSSR count). The quantitative estimate of drug-likeness (QED) is 0.853. The molecule has 1 aliphatic rings. The van der Waals surface area contributed by atoms with E-state index in [0.717, 1.165) is 31.6 Å². The number of ether oxygens (including phenoxy) is 2. The number of hydrogen-bond donors (Lipinski definition) is 1. The van der Waals surface area contributed by atoms with Gasteiger partial charge in [-0.1, -0.05) is 12.1 Å². The van der Waals surface area contributed by atoms with Crippen LogP contribution in [0.25, 0.3) is 0 Å². The molecule has 1 fully saturated rings. The maximum absolute atomic E-state index is 11.7. The summed E-state index contributed by atoms with van der Waals surface area (Å²) in [7, 11) is 1.65. The van der Waals surface area contributed by atoms with Gasteiger partial charge in [-0.05, 0) is 37.0 Å². The topological polar surface area (TPSA) is 47.6 Å². The third-order valence-electron chi connectivity index (χ3n) is 3.33. The van der Waals surface area contributed by atoms with E-state index >= 15 is 0 Å². The van der Waals surface area contributed by atoms with Crippen LogP contribution in [0.3, 0.4) is 0 Å². The molecule has 0 radical (unpaired) electrons. The predicted molar refractivity (Wildman–Crippen MR) is 73.3 cm³/mol. The van der Waals surface area contributed by atoms with Crippen molar-refractivity contribution in [2.75, 3.05) is 20.3 Å². The lowest BCUT2D eigenvalue weighted by molar-refractivity contribution is -0.123. The van der Waals surface area contributed by atoms with Gasteiger partial charge in [-0.2, -0.15) is 0 Å². The van der Waals surface area contributed by atoms with E-state index in [1.165, 1.54) is 5.56 Å². The van der Waals surface area contributed by atoms with Crippen LogP contribution in [0.2, 0.25) is 0 Å². The van der Waals surface area contributed by atoms with Gasteiger partial charge in [0.2, 0.25) is 5.91 Å². The monoisotopic (exact) mass is 263 g/mol. The first-order chi connectivity index (χ1) is 9.28. The van der Waals surface area contributed by atoms with Crippen LogP contribution in [-0.4, -0.2) is 32.3 Å². The van der Waals surface area contributed by atoms with E-state index in [-0.39, 0.29) is 12.0 Å². The van der Waals surface area contributed by atoms with Gasteiger partial charge in [0.1, 0.15) is 5.75 Å². The second-order valence-electron chi connectivity index (χ2n) is 4.79. The summed E-state index contributed by atoms with van der Waals surface area (Å²) in [5.74, 6) is 0.937. The highest BCUT2D eigenvalue weighted by molar-refractivity contribution is 5.76. The number of hydrogen-bond acceptors (Lipinski definition) is 3. The van der Waals surface area contributed by atoms with Crippen LogP contribution in [0, 0.1) is 0 Å². The lowest BCUT2D eigenvalue weighted by Gasteiger charge is -2.10. The molecule has 104 valence electrons. The summed E-state index contributed by atoms with van der Waals surface area (Å²) in [6, 6.07) is 7.91. The van der Waals surface area contributed by atoms with Gasteiger partial charge < -0.3 is 14.8 Å². The highest BCUT2D eigenvalue weighted by Crippen LogP contribution is 2.15. The molecule has 0 aliphatic carbocycles. The number of carbonyl (C=O) groups excluding carboxylic acids is 1. The van der Waals surface area contributed by atoms with Gasteiger partial charge in [-0.15, -0.1) is 0 Å². The molecule has 1 amide bonds. The molecule has 4 nitrogen and oxygen atoms in total. The molecule has 0 aromatic heterocycles. The number of benzene rings is 1. The molecular weight excluding hydrogens is 242 g/mol. The predicted octanol–water partition coefficient (Wildman–Crippen LogP) is 1.92. The van der Waals surface area contributed by atoms with E-state index in [4.69, 9.17) is 9.47 Å². The minimum absolute atomic E-state index is 0.0837. The normalized spacial score (nSPS) is 18.3. The van der Waals surface area contributed by atoms with E-state index in [1.807, 2.05) is 24.3 Å². The molecule has 1 heterocycles. The van der Waals surface area contributed by atoms with Crippen LogP contribution in [0.1, 0.15) is 24.8 Å². The zero-order valence-corrected chi connectivity index (χ0v) is 11.4. The Kier molecular flexibility index (Phi) is 5.21. The fraction of sp³-hybridized carbons (Fsp3) is 0.533. The van der Waals surface area contributed by atoms with Crippen molar-refractivity contribution in [1.29, 1.82) is 0 Å². The molecule has 1 saturated heterocycles. The fourth-order valence-corrected chi connectivity index (χ4v) is 2.22. The maximum atomic E-state index is 11.7. The van der Waals surface area contributed by atoms with E-state index in [9.17, 15) is 4.79 Å². The standard InChI is InChI=1S/C15H21NO3/c1-18-13-6-4-12(5-7-13)8-9-16-15(17)11-14-3-2-10-19-14/h4-7,14H,2-3,8-11H2,1H3,(H,16,17). The highest BCUT2D eigenvalue weighted by atomic mass is 16.5. The fourth-order valence-electron chi connectivity index (χ4n) is 2.22. The molecule has 19 heavy (non-hydrogen) atoms. The first-order valence-corrected chi connectivity index (χ1v) is 6.79. The summed E-state index contributed by atoms with van der Waals surface area (Å²) < 4.78 is 10.5. The largest absolute Gasteiger partial charge is 0.497 e. The van der Waals surface area contributed by atoms with Gasteiger partial charge in [0, 0.05) is 13.2 Å². The van der Waals surface area contributed by atoms with Gasteiger partial charge in [0.15, 0.2) is 0 Å². The van der Waals surface area contributed by atoms with Crippen molar-refractivity contribution in [3.05, 3.63) is 29.8 Å². The molecule has 0 bridgehead atoms. The summed E-state index contributed by atoms with van der Waals surface area (Å²) in [5.41, 5.74) is 1.19. The van der Waals surface area contributed by atoms with Crippen LogP contribution in [0.4, 0.5) is 0 Å². The van der Waals surface area contributed by atoms with Crippen LogP contribution in [-0.2, 0) is 16.0 Å². The number of methoxy groups -OCH3 is 1. The number of amides is 1. The van der Waals surface area contributed by atoms with Crippen molar-refractivity contribution >= 4 is 5.91 Å². The summed E-state index contributed by atoms with van der Waals surface area (Å²) in [6.07, 6.45) is 3.53. The Morgan fingerprint density at radius 3 is 2.84 bits per heavy atom.